The summed E-state index contributed by atoms with van der Waals surface area (Å²) in [6.45, 7) is 6.09. The Labute approximate surface area is 106 Å². The minimum Gasteiger partial charge on any atom is -0.339 e. The third-order valence-corrected chi connectivity index (χ3v) is 3.71. The van der Waals surface area contributed by atoms with Crippen molar-refractivity contribution in [2.24, 2.45) is 0 Å². The number of hydrogen-bond donors (Lipinski definition) is 1. The van der Waals surface area contributed by atoms with Gasteiger partial charge in [-0.05, 0) is 0 Å². The van der Waals surface area contributed by atoms with Gasteiger partial charge < -0.3 is 10.2 Å². The van der Waals surface area contributed by atoms with Crippen LogP contribution in [0.1, 0.15) is 0 Å². The smallest absolute Gasteiger partial charge is 0.244 e. The van der Waals surface area contributed by atoms with E-state index in [2.05, 4.69) is 20.5 Å². The lowest BCUT2D eigenvalue weighted by Crippen LogP contribution is -2.62. The van der Waals surface area contributed by atoms with Gasteiger partial charge in [0.15, 0.2) is 0 Å². The minimum absolute atomic E-state index is 0.131. The lowest BCUT2D eigenvalue weighted by Gasteiger charge is -2.43. The Kier molecular flexibility index (Phi) is 3.24. The molecule has 2 aliphatic rings. The van der Waals surface area contributed by atoms with Crippen LogP contribution in [0.3, 0.4) is 0 Å². The maximum absolute atomic E-state index is 12.0. The monoisotopic (exact) mass is 250 g/mol. The summed E-state index contributed by atoms with van der Waals surface area (Å²) >= 11 is 0. The van der Waals surface area contributed by atoms with Crippen LogP contribution in [0.15, 0.2) is 12.4 Å². The molecule has 2 fully saturated rings. The van der Waals surface area contributed by atoms with Crippen molar-refractivity contribution in [2.45, 2.75) is 12.6 Å². The van der Waals surface area contributed by atoms with Gasteiger partial charge in [0.05, 0.1) is 6.20 Å². The molecule has 0 radical (unpaired) electrons. The Morgan fingerprint density at radius 1 is 1.28 bits per heavy atom. The molecule has 1 aromatic heterocycles. The zero-order valence-corrected chi connectivity index (χ0v) is 10.3. The summed E-state index contributed by atoms with van der Waals surface area (Å²) in [5, 5.41) is 10.8. The Bertz CT molecular complexity index is 394. The highest BCUT2D eigenvalue weighted by Gasteiger charge is 2.29. The molecule has 2 aliphatic heterocycles. The molecule has 0 aliphatic carbocycles. The predicted molar refractivity (Wildman–Crippen MR) is 64.8 cm³/mol. The molecule has 3 heterocycles. The van der Waals surface area contributed by atoms with Crippen LogP contribution in [-0.2, 0) is 11.3 Å². The van der Waals surface area contributed by atoms with E-state index < -0.39 is 0 Å². The molecular weight excluding hydrogens is 232 g/mol. The van der Waals surface area contributed by atoms with Crippen LogP contribution < -0.4 is 5.32 Å². The van der Waals surface area contributed by atoms with E-state index in [1.807, 2.05) is 4.90 Å². The van der Waals surface area contributed by atoms with Crippen LogP contribution >= 0.6 is 0 Å². The summed E-state index contributed by atoms with van der Waals surface area (Å²) in [6, 6.07) is 0.678. The van der Waals surface area contributed by atoms with Crippen molar-refractivity contribution in [3.63, 3.8) is 0 Å². The molecule has 0 saturated carbocycles. The van der Waals surface area contributed by atoms with Crippen LogP contribution in [0, 0.1) is 0 Å². The van der Waals surface area contributed by atoms with Crippen molar-refractivity contribution in [2.75, 3.05) is 39.3 Å². The van der Waals surface area contributed by atoms with Gasteiger partial charge in [-0.3, -0.25) is 9.69 Å². The third-order valence-electron chi connectivity index (χ3n) is 3.71. The highest BCUT2D eigenvalue weighted by Crippen LogP contribution is 2.10. The number of carbonyl (C=O) groups excluding carboxylic acids is 1. The summed E-state index contributed by atoms with van der Waals surface area (Å²) in [7, 11) is 0. The van der Waals surface area contributed by atoms with Gasteiger partial charge in [-0.15, -0.1) is 5.10 Å². The summed E-state index contributed by atoms with van der Waals surface area (Å²) in [6.07, 6.45) is 3.31. The summed E-state index contributed by atoms with van der Waals surface area (Å²) < 4.78 is 1.57. The van der Waals surface area contributed by atoms with Gasteiger partial charge in [-0.25, -0.2) is 4.68 Å². The number of rotatable bonds is 3. The summed E-state index contributed by atoms with van der Waals surface area (Å²) in [5.41, 5.74) is 0. The van der Waals surface area contributed by atoms with Crippen molar-refractivity contribution in [3.8, 4) is 0 Å². The fourth-order valence-corrected chi connectivity index (χ4v) is 2.42. The van der Waals surface area contributed by atoms with E-state index in [1.165, 1.54) is 0 Å². The maximum atomic E-state index is 12.0. The molecule has 0 bridgehead atoms. The zero-order chi connectivity index (χ0) is 12.4. The molecule has 0 atom stereocenters. The largest absolute Gasteiger partial charge is 0.339 e. The van der Waals surface area contributed by atoms with Crippen molar-refractivity contribution >= 4 is 5.91 Å². The van der Waals surface area contributed by atoms with Crippen LogP contribution in [-0.4, -0.2) is 76.0 Å². The molecule has 1 aromatic rings. The number of aromatic nitrogens is 3. The molecule has 0 spiro atoms. The fourth-order valence-electron chi connectivity index (χ4n) is 2.42. The fraction of sp³-hybridized carbons (Fsp3) is 0.727. The van der Waals surface area contributed by atoms with E-state index in [1.54, 1.807) is 17.1 Å². The van der Waals surface area contributed by atoms with E-state index in [0.717, 1.165) is 39.3 Å². The van der Waals surface area contributed by atoms with Crippen LogP contribution in [0.2, 0.25) is 0 Å². The molecule has 2 saturated heterocycles. The predicted octanol–water partition coefficient (Wildman–Crippen LogP) is -1.61. The van der Waals surface area contributed by atoms with Crippen molar-refractivity contribution in [3.05, 3.63) is 12.4 Å². The molecule has 0 aromatic carbocycles. The molecule has 18 heavy (non-hydrogen) atoms. The van der Waals surface area contributed by atoms with Gasteiger partial charge >= 0.3 is 0 Å². The second kappa shape index (κ2) is 5.03. The lowest BCUT2D eigenvalue weighted by molar-refractivity contribution is -0.134. The first kappa shape index (κ1) is 11.6. The van der Waals surface area contributed by atoms with Gasteiger partial charge in [-0.1, -0.05) is 5.21 Å². The van der Waals surface area contributed by atoms with Gasteiger partial charge in [0.1, 0.15) is 6.54 Å². The van der Waals surface area contributed by atoms with Crippen molar-refractivity contribution in [1.82, 2.24) is 30.1 Å². The summed E-state index contributed by atoms with van der Waals surface area (Å²) in [5.74, 6) is 0.131. The van der Waals surface area contributed by atoms with Crippen LogP contribution in [0.5, 0.6) is 0 Å². The van der Waals surface area contributed by atoms with Gasteiger partial charge in [0.2, 0.25) is 5.91 Å². The standard InChI is InChI=1S/C11H18N6O/c18-11(9-17-2-1-13-14-17)16-5-3-15(4-6-16)10-7-12-8-10/h1-2,10,12H,3-9H2. The molecule has 1 N–H and O–H groups in total. The van der Waals surface area contributed by atoms with E-state index in [0.29, 0.717) is 12.6 Å². The van der Waals surface area contributed by atoms with Crippen molar-refractivity contribution in [1.29, 1.82) is 0 Å². The van der Waals surface area contributed by atoms with E-state index in [9.17, 15) is 4.79 Å². The van der Waals surface area contributed by atoms with E-state index >= 15 is 0 Å². The normalized spacial score (nSPS) is 21.9. The maximum Gasteiger partial charge on any atom is 0.244 e. The lowest BCUT2D eigenvalue weighted by atomic mass is 10.1. The number of carbonyl (C=O) groups is 1. The van der Waals surface area contributed by atoms with E-state index in [4.69, 9.17) is 0 Å². The average Bonchev–Trinajstić information content (AvgIpc) is 2.80. The molecule has 7 heteroatoms. The molecule has 0 unspecified atom stereocenters. The van der Waals surface area contributed by atoms with Gasteiger partial charge in [0.25, 0.3) is 0 Å². The topological polar surface area (TPSA) is 66.3 Å². The Balaban J connectivity index is 1.48. The molecule has 7 nitrogen and oxygen atoms in total. The Hall–Kier alpha value is -1.47. The number of nitrogens with zero attached hydrogens (tertiary/aromatic N) is 5. The number of nitrogens with one attached hydrogen (secondary N) is 1. The Morgan fingerprint density at radius 2 is 2.06 bits per heavy atom. The van der Waals surface area contributed by atoms with Crippen molar-refractivity contribution < 1.29 is 4.79 Å². The average molecular weight is 250 g/mol. The molecule has 98 valence electrons. The Morgan fingerprint density at radius 3 is 2.61 bits per heavy atom. The highest BCUT2D eigenvalue weighted by molar-refractivity contribution is 5.76. The van der Waals surface area contributed by atoms with Crippen LogP contribution in [0.25, 0.3) is 0 Å². The summed E-state index contributed by atoms with van der Waals surface area (Å²) in [4.78, 5) is 16.4. The highest BCUT2D eigenvalue weighted by atomic mass is 16.2. The molecule has 3 rings (SSSR count). The quantitative estimate of drug-likeness (QED) is 0.699. The SMILES string of the molecule is O=C(Cn1ccnn1)N1CCN(C2CNC2)CC1. The molecular formula is C11H18N6O. The van der Waals surface area contributed by atoms with Gasteiger partial charge in [-0.2, -0.15) is 0 Å². The van der Waals surface area contributed by atoms with Gasteiger partial charge in [0, 0.05) is 51.5 Å². The molecule has 1 amide bonds. The first-order chi connectivity index (χ1) is 8.83. The minimum atomic E-state index is 0.131. The number of amides is 1. The van der Waals surface area contributed by atoms with E-state index in [-0.39, 0.29) is 5.91 Å². The second-order valence-electron chi connectivity index (χ2n) is 4.83. The number of piperazine rings is 1. The first-order valence-corrected chi connectivity index (χ1v) is 6.39. The third kappa shape index (κ3) is 2.37. The zero-order valence-electron chi connectivity index (χ0n) is 10.3. The number of hydrogen-bond acceptors (Lipinski definition) is 5. The first-order valence-electron chi connectivity index (χ1n) is 6.39. The second-order valence-corrected chi connectivity index (χ2v) is 4.83. The van der Waals surface area contributed by atoms with Crippen LogP contribution in [0.4, 0.5) is 0 Å².